The molecule has 3 unspecified atom stereocenters. The van der Waals surface area contributed by atoms with Crippen molar-refractivity contribution < 1.29 is 8.42 Å². The van der Waals surface area contributed by atoms with Crippen molar-refractivity contribution in [3.05, 3.63) is 0 Å². The number of nitrogens with one attached hydrogen (secondary N) is 1. The molecule has 1 saturated carbocycles. The predicted octanol–water partition coefficient (Wildman–Crippen LogP) is 0.884. The Balaban J connectivity index is 1.85. The summed E-state index contributed by atoms with van der Waals surface area (Å²) in [5.41, 5.74) is 0. The van der Waals surface area contributed by atoms with E-state index in [-0.39, 0.29) is 6.04 Å². The Hall–Kier alpha value is -0.130. The molecule has 1 saturated heterocycles. The molecule has 5 heteroatoms. The normalized spacial score (nSPS) is 35.4. The van der Waals surface area contributed by atoms with Crippen LogP contribution in [-0.4, -0.2) is 57.0 Å². The zero-order valence-electron chi connectivity index (χ0n) is 11.6. The third-order valence-electron chi connectivity index (χ3n) is 4.48. The largest absolute Gasteiger partial charge is 0.314 e. The first-order valence-corrected chi connectivity index (χ1v) is 8.98. The molecule has 1 aliphatic carbocycles. The number of sulfone groups is 1. The molecule has 18 heavy (non-hydrogen) atoms. The predicted molar refractivity (Wildman–Crippen MR) is 74.5 cm³/mol. The van der Waals surface area contributed by atoms with Gasteiger partial charge in [0.25, 0.3) is 0 Å². The van der Waals surface area contributed by atoms with Crippen LogP contribution in [0.1, 0.15) is 32.6 Å². The van der Waals surface area contributed by atoms with Gasteiger partial charge in [0.1, 0.15) is 0 Å². The molecule has 0 aromatic carbocycles. The lowest BCUT2D eigenvalue weighted by molar-refractivity contribution is 0.206. The van der Waals surface area contributed by atoms with Crippen molar-refractivity contribution in [1.29, 1.82) is 0 Å². The molecule has 0 bridgehead atoms. The summed E-state index contributed by atoms with van der Waals surface area (Å²) in [7, 11) is -0.665. The third kappa shape index (κ3) is 3.45. The highest BCUT2D eigenvalue weighted by Gasteiger charge is 2.34. The van der Waals surface area contributed by atoms with Crippen LogP contribution in [0.25, 0.3) is 0 Å². The van der Waals surface area contributed by atoms with Gasteiger partial charge in [0.2, 0.25) is 0 Å². The molecule has 1 aliphatic heterocycles. The number of hydrogen-bond donors (Lipinski definition) is 1. The minimum atomic E-state index is -2.76. The van der Waals surface area contributed by atoms with E-state index in [1.54, 1.807) is 0 Å². The van der Waals surface area contributed by atoms with Crippen LogP contribution < -0.4 is 5.32 Å². The zero-order chi connectivity index (χ0) is 13.2. The Morgan fingerprint density at radius 3 is 2.67 bits per heavy atom. The lowest BCUT2D eigenvalue weighted by Crippen LogP contribution is -2.42. The first kappa shape index (κ1) is 14.3. The minimum Gasteiger partial charge on any atom is -0.314 e. The molecule has 0 radical (unpaired) electrons. The molecular weight excluding hydrogens is 248 g/mol. The van der Waals surface area contributed by atoms with E-state index in [2.05, 4.69) is 24.2 Å². The molecule has 2 fully saturated rings. The highest BCUT2D eigenvalue weighted by atomic mass is 32.2. The van der Waals surface area contributed by atoms with Crippen molar-refractivity contribution in [3.8, 4) is 0 Å². The molecule has 3 atom stereocenters. The summed E-state index contributed by atoms with van der Waals surface area (Å²) in [6.07, 6.45) is 4.67. The van der Waals surface area contributed by atoms with Gasteiger partial charge in [-0.2, -0.15) is 0 Å². The maximum Gasteiger partial charge on any atom is 0.151 e. The topological polar surface area (TPSA) is 49.4 Å². The average Bonchev–Trinajstić information content (AvgIpc) is 2.86. The van der Waals surface area contributed by atoms with Crippen molar-refractivity contribution >= 4 is 9.84 Å². The van der Waals surface area contributed by atoms with Gasteiger partial charge in [0, 0.05) is 18.6 Å². The first-order valence-electron chi connectivity index (χ1n) is 7.16. The molecule has 4 nitrogen and oxygen atoms in total. The maximum atomic E-state index is 11.5. The van der Waals surface area contributed by atoms with Gasteiger partial charge in [-0.1, -0.05) is 13.3 Å². The summed E-state index contributed by atoms with van der Waals surface area (Å²) in [5.74, 6) is 1.43. The van der Waals surface area contributed by atoms with Gasteiger partial charge in [-0.05, 0) is 38.8 Å². The fraction of sp³-hybridized carbons (Fsp3) is 1.00. The van der Waals surface area contributed by atoms with E-state index in [4.69, 9.17) is 0 Å². The summed E-state index contributed by atoms with van der Waals surface area (Å²) in [6.45, 7) is 4.23. The molecule has 0 spiro atoms. The van der Waals surface area contributed by atoms with Crippen molar-refractivity contribution in [2.45, 2.75) is 44.7 Å². The first-order chi connectivity index (χ1) is 8.52. The monoisotopic (exact) mass is 274 g/mol. The Morgan fingerprint density at radius 2 is 2.06 bits per heavy atom. The second kappa shape index (κ2) is 5.88. The fourth-order valence-electron chi connectivity index (χ4n) is 3.43. The molecule has 1 N–H and O–H groups in total. The van der Waals surface area contributed by atoms with Crippen molar-refractivity contribution in [2.24, 2.45) is 5.92 Å². The summed E-state index contributed by atoms with van der Waals surface area (Å²) < 4.78 is 23.0. The van der Waals surface area contributed by atoms with Gasteiger partial charge in [0.15, 0.2) is 9.84 Å². The fourth-order valence-corrected chi connectivity index (χ4v) is 5.23. The second-order valence-corrected chi connectivity index (χ2v) is 8.08. The van der Waals surface area contributed by atoms with Gasteiger partial charge in [-0.3, -0.25) is 0 Å². The summed E-state index contributed by atoms with van der Waals surface area (Å²) in [6, 6.07) is 0.883. The van der Waals surface area contributed by atoms with Crippen LogP contribution in [0.3, 0.4) is 0 Å². The number of rotatable bonds is 5. The van der Waals surface area contributed by atoms with Crippen molar-refractivity contribution in [1.82, 2.24) is 10.2 Å². The number of nitrogens with zero attached hydrogens (tertiary/aromatic N) is 1. The standard InChI is InChI=1S/C13H26N2O2S/c1-3-14-13-6-4-5-11(13)9-15(2)12-7-8-18(16,17)10-12/h11-14H,3-10H2,1-2H3. The van der Waals surface area contributed by atoms with E-state index in [9.17, 15) is 8.42 Å². The molecule has 0 amide bonds. The average molecular weight is 274 g/mol. The maximum absolute atomic E-state index is 11.5. The van der Waals surface area contributed by atoms with Crippen LogP contribution >= 0.6 is 0 Å². The van der Waals surface area contributed by atoms with Crippen LogP contribution in [-0.2, 0) is 9.84 Å². The Labute approximate surface area is 111 Å². The molecule has 2 rings (SSSR count). The van der Waals surface area contributed by atoms with Crippen LogP contribution in [0.4, 0.5) is 0 Å². The third-order valence-corrected chi connectivity index (χ3v) is 6.23. The quantitative estimate of drug-likeness (QED) is 0.809. The highest BCUT2D eigenvalue weighted by molar-refractivity contribution is 7.91. The Kier molecular flexibility index (Phi) is 4.67. The van der Waals surface area contributed by atoms with Gasteiger partial charge < -0.3 is 10.2 Å². The molecular formula is C13H26N2O2S. The summed E-state index contributed by atoms with van der Waals surface area (Å²) in [5, 5.41) is 3.56. The summed E-state index contributed by atoms with van der Waals surface area (Å²) >= 11 is 0. The second-order valence-electron chi connectivity index (χ2n) is 5.85. The minimum absolute atomic E-state index is 0.248. The van der Waals surface area contributed by atoms with Gasteiger partial charge in [-0.25, -0.2) is 8.42 Å². The molecule has 2 aliphatic rings. The van der Waals surface area contributed by atoms with Gasteiger partial charge in [-0.15, -0.1) is 0 Å². The van der Waals surface area contributed by atoms with Gasteiger partial charge in [0.05, 0.1) is 11.5 Å². The highest BCUT2D eigenvalue weighted by Crippen LogP contribution is 2.28. The van der Waals surface area contributed by atoms with E-state index >= 15 is 0 Å². The van der Waals surface area contributed by atoms with E-state index in [1.807, 2.05) is 0 Å². The van der Waals surface area contributed by atoms with Crippen LogP contribution in [0.5, 0.6) is 0 Å². The van der Waals surface area contributed by atoms with E-state index < -0.39 is 9.84 Å². The number of hydrogen-bond acceptors (Lipinski definition) is 4. The molecule has 0 aromatic rings. The van der Waals surface area contributed by atoms with Gasteiger partial charge >= 0.3 is 0 Å². The molecule has 106 valence electrons. The van der Waals surface area contributed by atoms with Crippen molar-refractivity contribution in [2.75, 3.05) is 31.6 Å². The summed E-state index contributed by atoms with van der Waals surface area (Å²) in [4.78, 5) is 2.28. The van der Waals surface area contributed by atoms with Crippen LogP contribution in [0, 0.1) is 5.92 Å². The Bertz CT molecular complexity index is 369. The Morgan fingerprint density at radius 1 is 1.28 bits per heavy atom. The van der Waals surface area contributed by atoms with Crippen LogP contribution in [0.15, 0.2) is 0 Å². The molecule has 0 aromatic heterocycles. The van der Waals surface area contributed by atoms with E-state index in [1.165, 1.54) is 19.3 Å². The van der Waals surface area contributed by atoms with E-state index in [0.717, 1.165) is 19.5 Å². The zero-order valence-corrected chi connectivity index (χ0v) is 12.4. The smallest absolute Gasteiger partial charge is 0.151 e. The lowest BCUT2D eigenvalue weighted by Gasteiger charge is -2.29. The SMILES string of the molecule is CCNC1CCCC1CN(C)C1CCS(=O)(=O)C1. The molecule has 1 heterocycles. The van der Waals surface area contributed by atoms with Crippen molar-refractivity contribution in [3.63, 3.8) is 0 Å². The van der Waals surface area contributed by atoms with Crippen LogP contribution in [0.2, 0.25) is 0 Å². The lowest BCUT2D eigenvalue weighted by atomic mass is 10.0. The van der Waals surface area contributed by atoms with E-state index in [0.29, 0.717) is 23.5 Å².